The molecule has 3 heterocycles. The number of hydrazone groups is 1. The molecule has 2 aromatic heterocycles. The van der Waals surface area contributed by atoms with Crippen molar-refractivity contribution in [3.8, 4) is 5.69 Å². The van der Waals surface area contributed by atoms with E-state index < -0.39 is 5.82 Å². The molecule has 0 radical (unpaired) electrons. The summed E-state index contributed by atoms with van der Waals surface area (Å²) >= 11 is 6.14. The highest BCUT2D eigenvalue weighted by Gasteiger charge is 2.17. The first-order valence-electron chi connectivity index (χ1n) is 9.62. The highest BCUT2D eigenvalue weighted by molar-refractivity contribution is 6.30. The minimum atomic E-state index is -0.462. The third-order valence-electron chi connectivity index (χ3n) is 4.94. The van der Waals surface area contributed by atoms with Gasteiger partial charge < -0.3 is 14.2 Å². The predicted octanol–water partition coefficient (Wildman–Crippen LogP) is 3.96. The molecule has 1 fully saturated rings. The highest BCUT2D eigenvalue weighted by Crippen LogP contribution is 2.22. The van der Waals surface area contributed by atoms with E-state index in [1.807, 2.05) is 49.1 Å². The number of halogens is 2. The van der Waals surface area contributed by atoms with Gasteiger partial charge in [-0.2, -0.15) is 10.1 Å². The Labute approximate surface area is 179 Å². The van der Waals surface area contributed by atoms with Crippen molar-refractivity contribution in [3.63, 3.8) is 0 Å². The Bertz CT molecular complexity index is 1080. The molecule has 0 amide bonds. The van der Waals surface area contributed by atoms with Gasteiger partial charge >= 0.3 is 0 Å². The number of aromatic nitrogens is 3. The third kappa shape index (κ3) is 4.29. The molecule has 1 saturated heterocycles. The van der Waals surface area contributed by atoms with Gasteiger partial charge in [-0.05, 0) is 38.1 Å². The summed E-state index contributed by atoms with van der Waals surface area (Å²) in [6, 6.07) is 9.72. The average Bonchev–Trinajstić information content (AvgIpc) is 3.03. The second-order valence-corrected chi connectivity index (χ2v) is 7.41. The number of nitrogens with zero attached hydrogens (tertiary/aromatic N) is 5. The van der Waals surface area contributed by atoms with Crippen LogP contribution in [0.25, 0.3) is 5.69 Å². The molecule has 7 nitrogen and oxygen atoms in total. The Kier molecular flexibility index (Phi) is 5.96. The summed E-state index contributed by atoms with van der Waals surface area (Å²) in [6.07, 6.45) is 2.85. The van der Waals surface area contributed by atoms with Crippen molar-refractivity contribution in [1.82, 2.24) is 14.5 Å². The molecule has 0 bridgehead atoms. The third-order valence-corrected chi connectivity index (χ3v) is 5.18. The van der Waals surface area contributed by atoms with Crippen LogP contribution >= 0.6 is 11.6 Å². The lowest BCUT2D eigenvalue weighted by atomic mass is 10.2. The molecule has 0 spiro atoms. The number of morpholine rings is 1. The second-order valence-electron chi connectivity index (χ2n) is 6.98. The molecule has 9 heteroatoms. The summed E-state index contributed by atoms with van der Waals surface area (Å²) in [5.74, 6) is 0.0272. The molecule has 1 aromatic carbocycles. The Morgan fingerprint density at radius 1 is 1.23 bits per heavy atom. The average molecular weight is 429 g/mol. The van der Waals surface area contributed by atoms with Crippen LogP contribution in [0.5, 0.6) is 0 Å². The topological polar surface area (TPSA) is 67.6 Å². The van der Waals surface area contributed by atoms with Crippen molar-refractivity contribution in [3.05, 3.63) is 64.3 Å². The van der Waals surface area contributed by atoms with E-state index in [1.165, 1.54) is 0 Å². The zero-order chi connectivity index (χ0) is 21.1. The van der Waals surface area contributed by atoms with Crippen LogP contribution in [0.1, 0.15) is 17.0 Å². The van der Waals surface area contributed by atoms with Crippen molar-refractivity contribution in [2.75, 3.05) is 36.6 Å². The molecule has 1 aliphatic rings. The standard InChI is InChI=1S/C21H22ClFN6O/c1-14-10-16(15(2)29(14)18-5-3-4-17(22)11-18)12-25-27-21-24-13-19(23)20(26-21)28-6-8-30-9-7-28/h3-5,10-13H,6-9H2,1-2H3,(H,24,26,27)/b25-12+. The van der Waals surface area contributed by atoms with E-state index >= 15 is 0 Å². The minimum Gasteiger partial charge on any atom is -0.378 e. The van der Waals surface area contributed by atoms with Crippen LogP contribution in [0.2, 0.25) is 5.02 Å². The molecule has 0 aliphatic carbocycles. The quantitative estimate of drug-likeness (QED) is 0.492. The van der Waals surface area contributed by atoms with Gasteiger partial charge in [0.05, 0.1) is 25.6 Å². The number of aryl methyl sites for hydroxylation is 1. The van der Waals surface area contributed by atoms with Gasteiger partial charge in [-0.15, -0.1) is 0 Å². The van der Waals surface area contributed by atoms with E-state index in [1.54, 1.807) is 6.21 Å². The maximum absolute atomic E-state index is 14.1. The largest absolute Gasteiger partial charge is 0.378 e. The lowest BCUT2D eigenvalue weighted by Gasteiger charge is -2.27. The lowest BCUT2D eigenvalue weighted by Crippen LogP contribution is -2.37. The summed E-state index contributed by atoms with van der Waals surface area (Å²) in [5, 5.41) is 4.93. The SMILES string of the molecule is Cc1cc(/C=N/Nc2ncc(F)c(N3CCOCC3)n2)c(C)n1-c1cccc(Cl)c1. The van der Waals surface area contributed by atoms with Crippen molar-refractivity contribution < 1.29 is 9.13 Å². The van der Waals surface area contributed by atoms with Gasteiger partial charge in [0, 0.05) is 40.8 Å². The number of nitrogens with one attached hydrogen (secondary N) is 1. The first kappa shape index (κ1) is 20.3. The Morgan fingerprint density at radius 2 is 2.03 bits per heavy atom. The molecule has 0 saturated carbocycles. The first-order valence-corrected chi connectivity index (χ1v) is 10.00. The molecule has 156 valence electrons. The summed E-state index contributed by atoms with van der Waals surface area (Å²) < 4.78 is 21.6. The lowest BCUT2D eigenvalue weighted by molar-refractivity contribution is 0.122. The van der Waals surface area contributed by atoms with Crippen LogP contribution in [0.4, 0.5) is 16.2 Å². The molecule has 3 aromatic rings. The van der Waals surface area contributed by atoms with Gasteiger partial charge in [0.15, 0.2) is 11.6 Å². The van der Waals surface area contributed by atoms with E-state index in [0.29, 0.717) is 31.3 Å². The Hall–Kier alpha value is -2.97. The van der Waals surface area contributed by atoms with Crippen molar-refractivity contribution in [1.29, 1.82) is 0 Å². The van der Waals surface area contributed by atoms with E-state index in [4.69, 9.17) is 16.3 Å². The highest BCUT2D eigenvalue weighted by atomic mass is 35.5. The van der Waals surface area contributed by atoms with Crippen LogP contribution in [-0.2, 0) is 4.74 Å². The summed E-state index contributed by atoms with van der Waals surface area (Å²) in [5.41, 5.74) is 6.81. The molecular weight excluding hydrogens is 407 g/mol. The minimum absolute atomic E-state index is 0.234. The number of hydrogen-bond donors (Lipinski definition) is 1. The van der Waals surface area contributed by atoms with E-state index in [2.05, 4.69) is 25.1 Å². The molecule has 1 aliphatic heterocycles. The molecule has 1 N–H and O–H groups in total. The van der Waals surface area contributed by atoms with Crippen LogP contribution in [0.3, 0.4) is 0 Å². The van der Waals surface area contributed by atoms with Crippen LogP contribution in [-0.4, -0.2) is 47.1 Å². The smallest absolute Gasteiger partial charge is 0.245 e. The van der Waals surface area contributed by atoms with Gasteiger partial charge in [0.25, 0.3) is 0 Å². The summed E-state index contributed by atoms with van der Waals surface area (Å²) in [6.45, 7) is 6.31. The zero-order valence-electron chi connectivity index (χ0n) is 16.8. The second kappa shape index (κ2) is 8.81. The number of anilines is 2. The number of hydrogen-bond acceptors (Lipinski definition) is 6. The van der Waals surface area contributed by atoms with E-state index in [-0.39, 0.29) is 11.8 Å². The van der Waals surface area contributed by atoms with Gasteiger partial charge in [-0.1, -0.05) is 17.7 Å². The van der Waals surface area contributed by atoms with Gasteiger partial charge in [0.2, 0.25) is 5.95 Å². The van der Waals surface area contributed by atoms with Crippen LogP contribution in [0, 0.1) is 19.7 Å². The molecule has 4 rings (SSSR count). The van der Waals surface area contributed by atoms with E-state index in [9.17, 15) is 4.39 Å². The van der Waals surface area contributed by atoms with E-state index in [0.717, 1.165) is 28.8 Å². The zero-order valence-corrected chi connectivity index (χ0v) is 17.5. The summed E-state index contributed by atoms with van der Waals surface area (Å²) in [7, 11) is 0. The van der Waals surface area contributed by atoms with Crippen molar-refractivity contribution in [2.24, 2.45) is 5.10 Å². The fourth-order valence-electron chi connectivity index (χ4n) is 3.50. The van der Waals surface area contributed by atoms with Gasteiger partial charge in [0.1, 0.15) is 0 Å². The number of rotatable bonds is 5. The number of benzene rings is 1. The van der Waals surface area contributed by atoms with Crippen LogP contribution in [0.15, 0.2) is 41.6 Å². The fourth-order valence-corrected chi connectivity index (χ4v) is 3.68. The van der Waals surface area contributed by atoms with Crippen molar-refractivity contribution in [2.45, 2.75) is 13.8 Å². The Morgan fingerprint density at radius 3 is 2.80 bits per heavy atom. The van der Waals surface area contributed by atoms with Gasteiger partial charge in [-0.25, -0.2) is 14.8 Å². The number of ether oxygens (including phenoxy) is 1. The molecule has 30 heavy (non-hydrogen) atoms. The maximum Gasteiger partial charge on any atom is 0.245 e. The molecular formula is C21H22ClFN6O. The monoisotopic (exact) mass is 428 g/mol. The van der Waals surface area contributed by atoms with Crippen LogP contribution < -0.4 is 10.3 Å². The summed E-state index contributed by atoms with van der Waals surface area (Å²) in [4.78, 5) is 10.1. The van der Waals surface area contributed by atoms with Gasteiger partial charge in [-0.3, -0.25) is 0 Å². The predicted molar refractivity (Wildman–Crippen MR) is 116 cm³/mol. The normalized spacial score (nSPS) is 14.5. The first-order chi connectivity index (χ1) is 14.5. The molecule has 0 atom stereocenters. The van der Waals surface area contributed by atoms with Crippen molar-refractivity contribution >= 4 is 29.6 Å². The molecule has 0 unspecified atom stereocenters. The maximum atomic E-state index is 14.1. The fraction of sp³-hybridized carbons (Fsp3) is 0.286. The Balaban J connectivity index is 1.52.